The Hall–Kier alpha value is -3.24. The average Bonchev–Trinajstić information content (AvgIpc) is 2.73. The van der Waals surface area contributed by atoms with Gasteiger partial charge in [0.05, 0.1) is 16.6 Å². The van der Waals surface area contributed by atoms with Crippen LogP contribution in [0.15, 0.2) is 76.1 Å². The Morgan fingerprint density at radius 1 is 0.966 bits per heavy atom. The molecule has 29 heavy (non-hydrogen) atoms. The van der Waals surface area contributed by atoms with E-state index in [4.69, 9.17) is 10.2 Å². The van der Waals surface area contributed by atoms with Crippen molar-refractivity contribution in [1.82, 2.24) is 4.98 Å². The summed E-state index contributed by atoms with van der Waals surface area (Å²) in [6.45, 7) is 1.85. The average molecular weight is 382 g/mol. The number of aryl methyl sites for hydroxylation is 1. The largest absolute Gasteiger partial charge is 0.453 e. The number of aromatic nitrogens is 1. The molecular formula is C25H22N2O2. The van der Waals surface area contributed by atoms with E-state index in [0.717, 1.165) is 36.0 Å². The van der Waals surface area contributed by atoms with Crippen LogP contribution >= 0.6 is 0 Å². The van der Waals surface area contributed by atoms with Crippen LogP contribution in [0.1, 0.15) is 30.5 Å². The molecule has 0 amide bonds. The number of benzene rings is 2. The van der Waals surface area contributed by atoms with Gasteiger partial charge in [-0.2, -0.15) is 0 Å². The van der Waals surface area contributed by atoms with Crippen molar-refractivity contribution in [3.63, 3.8) is 0 Å². The highest BCUT2D eigenvalue weighted by Gasteiger charge is 2.34. The highest BCUT2D eigenvalue weighted by Crippen LogP contribution is 2.40. The molecule has 0 bridgehead atoms. The molecule has 2 aromatic heterocycles. The Morgan fingerprint density at radius 2 is 1.69 bits per heavy atom. The first-order valence-electron chi connectivity index (χ1n) is 9.94. The Morgan fingerprint density at radius 3 is 2.34 bits per heavy atom. The van der Waals surface area contributed by atoms with E-state index < -0.39 is 0 Å². The number of nitrogens with two attached hydrogens (primary N) is 1. The maximum absolute atomic E-state index is 13.5. The number of hydrogen-bond acceptors (Lipinski definition) is 4. The summed E-state index contributed by atoms with van der Waals surface area (Å²) in [5, 5.41) is 0.547. The number of fused-ring (bicyclic) bond motifs is 1. The second-order valence-electron chi connectivity index (χ2n) is 7.86. The summed E-state index contributed by atoms with van der Waals surface area (Å²) in [6, 6.07) is 19.5. The van der Waals surface area contributed by atoms with Gasteiger partial charge in [-0.3, -0.25) is 9.78 Å². The predicted octanol–water partition coefficient (Wildman–Crippen LogP) is 5.17. The van der Waals surface area contributed by atoms with Gasteiger partial charge >= 0.3 is 0 Å². The summed E-state index contributed by atoms with van der Waals surface area (Å²) < 4.78 is 6.29. The van der Waals surface area contributed by atoms with Gasteiger partial charge in [0, 0.05) is 17.3 Å². The predicted molar refractivity (Wildman–Crippen MR) is 116 cm³/mol. The van der Waals surface area contributed by atoms with E-state index in [1.165, 1.54) is 0 Å². The topological polar surface area (TPSA) is 69.1 Å². The van der Waals surface area contributed by atoms with E-state index in [9.17, 15) is 4.79 Å². The Bertz CT molecular complexity index is 1250. The van der Waals surface area contributed by atoms with Crippen LogP contribution in [0.25, 0.3) is 33.4 Å². The zero-order valence-electron chi connectivity index (χ0n) is 16.3. The van der Waals surface area contributed by atoms with Crippen molar-refractivity contribution in [3.05, 3.63) is 88.3 Å². The molecule has 0 unspecified atom stereocenters. The fraction of sp³-hybridized carbons (Fsp3) is 0.200. The van der Waals surface area contributed by atoms with Crippen molar-refractivity contribution >= 4 is 11.0 Å². The number of nitrogens with zero attached hydrogens (tertiary/aromatic N) is 1. The van der Waals surface area contributed by atoms with Crippen molar-refractivity contribution in [3.8, 4) is 22.5 Å². The normalized spacial score (nSPS) is 15.2. The van der Waals surface area contributed by atoms with Gasteiger partial charge in [0.15, 0.2) is 5.58 Å². The maximum Gasteiger partial charge on any atom is 0.201 e. The fourth-order valence-corrected chi connectivity index (χ4v) is 4.12. The molecule has 0 aliphatic heterocycles. The van der Waals surface area contributed by atoms with E-state index in [2.05, 4.69) is 4.98 Å². The van der Waals surface area contributed by atoms with Crippen molar-refractivity contribution in [2.24, 2.45) is 5.73 Å². The molecule has 0 spiro atoms. The SMILES string of the molecule is Cc1nccc2c(=O)c(-c3ccc(C4(N)CCC4)cc3)c(-c3ccccc3)oc12. The van der Waals surface area contributed by atoms with Crippen molar-refractivity contribution < 1.29 is 4.42 Å². The summed E-state index contributed by atoms with van der Waals surface area (Å²) in [5.74, 6) is 0.568. The standard InChI is InChI=1S/C25H22N2O2/c1-16-23-20(12-15-27-16)22(28)21(24(29-23)18-6-3-2-4-7-18)17-8-10-19(11-9-17)25(26)13-5-14-25/h2-4,6-12,15H,5,13-14,26H2,1H3. The van der Waals surface area contributed by atoms with Crippen LogP contribution in [0.2, 0.25) is 0 Å². The second kappa shape index (κ2) is 6.68. The fourth-order valence-electron chi connectivity index (χ4n) is 4.12. The monoisotopic (exact) mass is 382 g/mol. The van der Waals surface area contributed by atoms with Crippen LogP contribution < -0.4 is 11.2 Å². The molecule has 2 heterocycles. The summed E-state index contributed by atoms with van der Waals surface area (Å²) in [7, 11) is 0. The zero-order chi connectivity index (χ0) is 20.0. The van der Waals surface area contributed by atoms with Crippen LogP contribution in [0.3, 0.4) is 0 Å². The van der Waals surface area contributed by atoms with Gasteiger partial charge in [0.25, 0.3) is 0 Å². The molecule has 0 radical (unpaired) electrons. The van der Waals surface area contributed by atoms with Crippen molar-refractivity contribution in [1.29, 1.82) is 0 Å². The molecule has 4 nitrogen and oxygen atoms in total. The minimum absolute atomic E-state index is 0.0468. The summed E-state index contributed by atoms with van der Waals surface area (Å²) in [6.07, 6.45) is 4.83. The first-order valence-corrected chi connectivity index (χ1v) is 9.94. The third kappa shape index (κ3) is 2.88. The quantitative estimate of drug-likeness (QED) is 0.531. The van der Waals surface area contributed by atoms with Crippen LogP contribution in [-0.2, 0) is 5.54 Å². The molecule has 4 heteroatoms. The van der Waals surface area contributed by atoms with Crippen LogP contribution in [0, 0.1) is 6.92 Å². The highest BCUT2D eigenvalue weighted by atomic mass is 16.3. The first kappa shape index (κ1) is 17.8. The van der Waals surface area contributed by atoms with Crippen LogP contribution in [0.5, 0.6) is 0 Å². The molecule has 1 aliphatic carbocycles. The number of hydrogen-bond donors (Lipinski definition) is 1. The van der Waals surface area contributed by atoms with Gasteiger partial charge in [-0.1, -0.05) is 54.6 Å². The van der Waals surface area contributed by atoms with Crippen LogP contribution in [0.4, 0.5) is 0 Å². The van der Waals surface area contributed by atoms with E-state index in [0.29, 0.717) is 28.0 Å². The van der Waals surface area contributed by atoms with E-state index in [-0.39, 0.29) is 11.0 Å². The minimum atomic E-state index is -0.225. The Kier molecular flexibility index (Phi) is 4.10. The second-order valence-corrected chi connectivity index (χ2v) is 7.86. The molecule has 5 rings (SSSR count). The maximum atomic E-state index is 13.5. The zero-order valence-corrected chi connectivity index (χ0v) is 16.3. The highest BCUT2D eigenvalue weighted by molar-refractivity contribution is 5.89. The first-order chi connectivity index (χ1) is 14.1. The molecule has 144 valence electrons. The lowest BCUT2D eigenvalue weighted by molar-refractivity contribution is 0.253. The Balaban J connectivity index is 1.76. The summed E-state index contributed by atoms with van der Waals surface area (Å²) >= 11 is 0. The molecule has 1 saturated carbocycles. The van der Waals surface area contributed by atoms with Gasteiger partial charge in [-0.05, 0) is 43.4 Å². The minimum Gasteiger partial charge on any atom is -0.453 e. The molecule has 0 atom stereocenters. The van der Waals surface area contributed by atoms with Gasteiger partial charge in [-0.25, -0.2) is 0 Å². The smallest absolute Gasteiger partial charge is 0.201 e. The van der Waals surface area contributed by atoms with Gasteiger partial charge in [0.1, 0.15) is 5.76 Å². The number of rotatable bonds is 3. The molecule has 1 fully saturated rings. The van der Waals surface area contributed by atoms with Crippen molar-refractivity contribution in [2.75, 3.05) is 0 Å². The van der Waals surface area contributed by atoms with Gasteiger partial charge in [-0.15, -0.1) is 0 Å². The van der Waals surface area contributed by atoms with E-state index in [1.807, 2.05) is 61.5 Å². The van der Waals surface area contributed by atoms with Crippen LogP contribution in [-0.4, -0.2) is 4.98 Å². The third-order valence-electron chi connectivity index (χ3n) is 6.02. The van der Waals surface area contributed by atoms with Gasteiger partial charge < -0.3 is 10.2 Å². The molecule has 2 aromatic carbocycles. The van der Waals surface area contributed by atoms with E-state index in [1.54, 1.807) is 12.3 Å². The molecule has 4 aromatic rings. The summed E-state index contributed by atoms with van der Waals surface area (Å²) in [4.78, 5) is 17.8. The summed E-state index contributed by atoms with van der Waals surface area (Å²) in [5.41, 5.74) is 10.8. The molecule has 0 saturated heterocycles. The molecule has 1 aliphatic rings. The molecule has 2 N–H and O–H groups in total. The van der Waals surface area contributed by atoms with Crippen molar-refractivity contribution in [2.45, 2.75) is 31.7 Å². The number of pyridine rings is 1. The van der Waals surface area contributed by atoms with Gasteiger partial charge in [0.2, 0.25) is 5.43 Å². The lowest BCUT2D eigenvalue weighted by Gasteiger charge is -2.38. The van der Waals surface area contributed by atoms with E-state index >= 15 is 0 Å². The Labute approximate surface area is 169 Å². The molecular weight excluding hydrogens is 360 g/mol. The lowest BCUT2D eigenvalue weighted by atomic mass is 9.72. The lowest BCUT2D eigenvalue weighted by Crippen LogP contribution is -2.43. The third-order valence-corrected chi connectivity index (χ3v) is 6.02.